The number of amides is 2. The molecule has 2 aliphatic rings. The van der Waals surface area contributed by atoms with Gasteiger partial charge in [-0.3, -0.25) is 19.3 Å². The zero-order valence-corrected chi connectivity index (χ0v) is 17.2. The number of aliphatic hydroxyl groups excluding tert-OH is 1. The highest BCUT2D eigenvalue weighted by Gasteiger charge is 2.41. The minimum atomic E-state index is -0.463. The number of ether oxygens (including phenoxy) is 1. The third-order valence-corrected chi connectivity index (χ3v) is 5.69. The van der Waals surface area contributed by atoms with Gasteiger partial charge in [-0.2, -0.15) is 0 Å². The molecule has 8 nitrogen and oxygen atoms in total. The van der Waals surface area contributed by atoms with Crippen LogP contribution in [0.15, 0.2) is 42.5 Å². The van der Waals surface area contributed by atoms with E-state index < -0.39 is 11.8 Å². The Hall–Kier alpha value is -3.07. The van der Waals surface area contributed by atoms with Crippen LogP contribution in [0.3, 0.4) is 0 Å². The van der Waals surface area contributed by atoms with Crippen molar-refractivity contribution in [2.45, 2.75) is 0 Å². The lowest BCUT2D eigenvalue weighted by atomic mass is 10.0. The molecule has 1 N–H and O–H groups in total. The van der Waals surface area contributed by atoms with Crippen molar-refractivity contribution in [1.29, 1.82) is 0 Å². The topological polar surface area (TPSA) is 90.4 Å². The van der Waals surface area contributed by atoms with Crippen molar-refractivity contribution in [2.24, 2.45) is 0 Å². The van der Waals surface area contributed by atoms with Crippen molar-refractivity contribution in [3.63, 3.8) is 0 Å². The third-order valence-electron chi connectivity index (χ3n) is 5.69. The van der Waals surface area contributed by atoms with Gasteiger partial charge in [-0.05, 0) is 24.3 Å². The standard InChI is InChI=1S/C23H25N3O5/c27-13-15-31-14-12-24-8-10-25(11-9-24)19-7-6-17(16-28)20-21(19)23(30)26(22(20)29)18-4-2-1-3-5-18/h1-7,16,27H,8-15H2. The van der Waals surface area contributed by atoms with E-state index in [1.165, 1.54) is 0 Å². The number of fused-ring (bicyclic) bond motifs is 1. The summed E-state index contributed by atoms with van der Waals surface area (Å²) in [7, 11) is 0. The van der Waals surface area contributed by atoms with Crippen molar-refractivity contribution in [3.05, 3.63) is 59.2 Å². The lowest BCUT2D eigenvalue weighted by Gasteiger charge is -2.36. The van der Waals surface area contributed by atoms with Crippen molar-refractivity contribution in [1.82, 2.24) is 4.90 Å². The van der Waals surface area contributed by atoms with E-state index >= 15 is 0 Å². The van der Waals surface area contributed by atoms with E-state index in [2.05, 4.69) is 9.80 Å². The van der Waals surface area contributed by atoms with Gasteiger partial charge in [0, 0.05) is 38.3 Å². The monoisotopic (exact) mass is 423 g/mol. The minimum Gasteiger partial charge on any atom is -0.394 e. The molecule has 2 aliphatic heterocycles. The van der Waals surface area contributed by atoms with E-state index in [4.69, 9.17) is 9.84 Å². The Morgan fingerprint density at radius 3 is 2.29 bits per heavy atom. The molecule has 1 fully saturated rings. The number of hydrogen-bond donors (Lipinski definition) is 1. The van der Waals surface area contributed by atoms with Crippen molar-refractivity contribution in [3.8, 4) is 0 Å². The highest BCUT2D eigenvalue weighted by atomic mass is 16.5. The molecule has 0 atom stereocenters. The Balaban J connectivity index is 1.57. The van der Waals surface area contributed by atoms with Gasteiger partial charge >= 0.3 is 0 Å². The highest BCUT2D eigenvalue weighted by molar-refractivity contribution is 6.37. The molecule has 8 heteroatoms. The first kappa shape index (κ1) is 21.2. The maximum atomic E-state index is 13.3. The van der Waals surface area contributed by atoms with Gasteiger partial charge in [-0.1, -0.05) is 18.2 Å². The molecule has 1 saturated heterocycles. The number of nitrogens with zero attached hydrogens (tertiary/aromatic N) is 3. The van der Waals surface area contributed by atoms with E-state index in [0.717, 1.165) is 24.5 Å². The summed E-state index contributed by atoms with van der Waals surface area (Å²) in [5, 5.41) is 8.79. The number of rotatable bonds is 8. The smallest absolute Gasteiger partial charge is 0.268 e. The number of anilines is 2. The second kappa shape index (κ2) is 9.38. The second-order valence-corrected chi connectivity index (χ2v) is 7.49. The molecule has 162 valence electrons. The number of piperazine rings is 1. The first-order valence-electron chi connectivity index (χ1n) is 10.4. The summed E-state index contributed by atoms with van der Waals surface area (Å²) in [6.07, 6.45) is 0.632. The van der Waals surface area contributed by atoms with Crippen molar-refractivity contribution < 1.29 is 24.2 Å². The molecule has 0 bridgehead atoms. The summed E-state index contributed by atoms with van der Waals surface area (Å²) in [6.45, 7) is 4.65. The number of carbonyl (C=O) groups excluding carboxylic acids is 3. The van der Waals surface area contributed by atoms with Crippen LogP contribution in [0.4, 0.5) is 11.4 Å². The van der Waals surface area contributed by atoms with E-state index in [-0.39, 0.29) is 17.7 Å². The van der Waals surface area contributed by atoms with Crippen LogP contribution in [-0.4, -0.2) is 80.7 Å². The molecule has 2 aromatic rings. The summed E-state index contributed by atoms with van der Waals surface area (Å²) >= 11 is 0. The molecule has 0 saturated carbocycles. The molecule has 2 heterocycles. The van der Waals surface area contributed by atoms with Gasteiger partial charge in [-0.15, -0.1) is 0 Å². The van der Waals surface area contributed by atoms with E-state index in [0.29, 0.717) is 49.5 Å². The maximum Gasteiger partial charge on any atom is 0.268 e. The summed E-state index contributed by atoms with van der Waals surface area (Å²) in [5.41, 5.74) is 1.90. The van der Waals surface area contributed by atoms with Crippen molar-refractivity contribution >= 4 is 29.5 Å². The van der Waals surface area contributed by atoms with Crippen LogP contribution in [0.1, 0.15) is 31.1 Å². The van der Waals surface area contributed by atoms with Gasteiger partial charge in [0.2, 0.25) is 0 Å². The summed E-state index contributed by atoms with van der Waals surface area (Å²) in [4.78, 5) is 43.6. The van der Waals surface area contributed by atoms with E-state index in [1.807, 2.05) is 6.07 Å². The molecule has 0 aliphatic carbocycles. The fourth-order valence-electron chi connectivity index (χ4n) is 4.12. The minimum absolute atomic E-state index is 0.0163. The molecule has 2 amide bonds. The predicted molar refractivity (Wildman–Crippen MR) is 116 cm³/mol. The quantitative estimate of drug-likeness (QED) is 0.390. The number of benzene rings is 2. The van der Waals surface area contributed by atoms with Crippen LogP contribution in [0.25, 0.3) is 0 Å². The first-order chi connectivity index (χ1) is 15.2. The van der Waals surface area contributed by atoms with Gasteiger partial charge in [0.25, 0.3) is 11.8 Å². The zero-order chi connectivity index (χ0) is 21.8. The number of aldehydes is 1. The Bertz CT molecular complexity index is 971. The molecule has 2 aromatic carbocycles. The average molecular weight is 423 g/mol. The van der Waals surface area contributed by atoms with Crippen LogP contribution < -0.4 is 9.80 Å². The summed E-state index contributed by atoms with van der Waals surface area (Å²) in [5.74, 6) is -0.862. The number of para-hydroxylation sites is 1. The maximum absolute atomic E-state index is 13.3. The normalized spacial score (nSPS) is 16.7. The molecule has 31 heavy (non-hydrogen) atoms. The number of carbonyl (C=O) groups is 3. The zero-order valence-electron chi connectivity index (χ0n) is 17.2. The highest BCUT2D eigenvalue weighted by Crippen LogP contribution is 2.36. The molecule has 0 unspecified atom stereocenters. The van der Waals surface area contributed by atoms with Gasteiger partial charge < -0.3 is 14.7 Å². The van der Waals surface area contributed by atoms with Gasteiger partial charge in [0.15, 0.2) is 6.29 Å². The number of aliphatic hydroxyl groups is 1. The first-order valence-corrected chi connectivity index (χ1v) is 10.4. The second-order valence-electron chi connectivity index (χ2n) is 7.49. The average Bonchev–Trinajstić information content (AvgIpc) is 3.08. The van der Waals surface area contributed by atoms with Crippen LogP contribution in [0.2, 0.25) is 0 Å². The third kappa shape index (κ3) is 4.10. The Morgan fingerprint density at radius 2 is 1.61 bits per heavy atom. The molecule has 0 aromatic heterocycles. The Kier molecular flexibility index (Phi) is 6.41. The largest absolute Gasteiger partial charge is 0.394 e. The fraction of sp³-hybridized carbons (Fsp3) is 0.348. The van der Waals surface area contributed by atoms with E-state index in [1.54, 1.807) is 36.4 Å². The Morgan fingerprint density at radius 1 is 0.903 bits per heavy atom. The lowest BCUT2D eigenvalue weighted by molar-refractivity contribution is 0.0724. The molecular weight excluding hydrogens is 398 g/mol. The number of hydrogen-bond acceptors (Lipinski definition) is 7. The predicted octanol–water partition coefficient (Wildman–Crippen LogP) is 1.43. The SMILES string of the molecule is O=Cc1ccc(N2CCN(CCOCCO)CC2)c2c1C(=O)N(c1ccccc1)C2=O. The van der Waals surface area contributed by atoms with Crippen LogP contribution in [-0.2, 0) is 4.74 Å². The fourth-order valence-corrected chi connectivity index (χ4v) is 4.12. The molecule has 0 radical (unpaired) electrons. The summed E-state index contributed by atoms with van der Waals surface area (Å²) in [6, 6.07) is 12.2. The van der Waals surface area contributed by atoms with Gasteiger partial charge in [-0.25, -0.2) is 4.90 Å². The lowest BCUT2D eigenvalue weighted by Crippen LogP contribution is -2.47. The molecular formula is C23H25N3O5. The van der Waals surface area contributed by atoms with Crippen LogP contribution in [0.5, 0.6) is 0 Å². The van der Waals surface area contributed by atoms with Gasteiger partial charge in [0.1, 0.15) is 0 Å². The Labute approximate surface area is 180 Å². The van der Waals surface area contributed by atoms with E-state index in [9.17, 15) is 14.4 Å². The van der Waals surface area contributed by atoms with Crippen molar-refractivity contribution in [2.75, 3.05) is 62.3 Å². The van der Waals surface area contributed by atoms with Gasteiger partial charge in [0.05, 0.1) is 42.3 Å². The summed E-state index contributed by atoms with van der Waals surface area (Å²) < 4.78 is 5.34. The molecule has 4 rings (SSSR count). The van der Waals surface area contributed by atoms with Crippen LogP contribution in [0, 0.1) is 0 Å². The van der Waals surface area contributed by atoms with Crippen LogP contribution >= 0.6 is 0 Å². The number of imide groups is 1. The molecule has 0 spiro atoms.